The summed E-state index contributed by atoms with van der Waals surface area (Å²) in [6.45, 7) is 5.81. The zero-order chi connectivity index (χ0) is 18.9. The van der Waals surface area contributed by atoms with Gasteiger partial charge in [0.25, 0.3) is 0 Å². The van der Waals surface area contributed by atoms with Gasteiger partial charge in [-0.1, -0.05) is 13.8 Å². The van der Waals surface area contributed by atoms with Crippen molar-refractivity contribution in [2.75, 3.05) is 18.1 Å². The lowest BCUT2D eigenvalue weighted by Crippen LogP contribution is -2.37. The van der Waals surface area contributed by atoms with Gasteiger partial charge in [-0.2, -0.15) is 14.7 Å². The first kappa shape index (κ1) is 18.4. The Morgan fingerprint density at radius 2 is 2.12 bits per heavy atom. The van der Waals surface area contributed by atoms with E-state index < -0.39 is 10.0 Å². The summed E-state index contributed by atoms with van der Waals surface area (Å²) in [5, 5.41) is 17.0. The van der Waals surface area contributed by atoms with Crippen molar-refractivity contribution in [3.63, 3.8) is 0 Å². The molecule has 0 saturated carbocycles. The fourth-order valence-electron chi connectivity index (χ4n) is 2.87. The number of hydrogen-bond acceptors (Lipinski definition) is 6. The molecule has 3 rings (SSSR count). The highest BCUT2D eigenvalue weighted by molar-refractivity contribution is 7.88. The minimum atomic E-state index is -3.21. The van der Waals surface area contributed by atoms with E-state index in [1.54, 1.807) is 6.07 Å². The maximum atomic E-state index is 11.7. The van der Waals surface area contributed by atoms with Crippen LogP contribution in [0, 0.1) is 11.3 Å². The molecule has 2 aromatic rings. The lowest BCUT2D eigenvalue weighted by Gasteiger charge is -2.25. The summed E-state index contributed by atoms with van der Waals surface area (Å²) in [4.78, 5) is 4.53. The van der Waals surface area contributed by atoms with E-state index in [2.05, 4.69) is 35.3 Å². The summed E-state index contributed by atoms with van der Waals surface area (Å²) in [5.74, 6) is 0.813. The van der Waals surface area contributed by atoms with Gasteiger partial charge in [0, 0.05) is 12.2 Å². The van der Waals surface area contributed by atoms with Crippen LogP contribution < -0.4 is 5.32 Å². The Bertz CT molecular complexity index is 958. The summed E-state index contributed by atoms with van der Waals surface area (Å²) in [7, 11) is -3.21. The van der Waals surface area contributed by atoms with Gasteiger partial charge in [0.15, 0.2) is 0 Å². The predicted molar refractivity (Wildman–Crippen MR) is 97.8 cm³/mol. The summed E-state index contributed by atoms with van der Waals surface area (Å²) in [6, 6.07) is 7.67. The first-order chi connectivity index (χ1) is 12.3. The molecule has 0 unspecified atom stereocenters. The molecule has 1 aliphatic rings. The van der Waals surface area contributed by atoms with Gasteiger partial charge in [-0.05, 0) is 24.1 Å². The quantitative estimate of drug-likeness (QED) is 0.853. The Morgan fingerprint density at radius 1 is 1.35 bits per heavy atom. The molecule has 0 atom stereocenters. The van der Waals surface area contributed by atoms with Crippen molar-refractivity contribution in [3.8, 4) is 6.07 Å². The van der Waals surface area contributed by atoms with Crippen LogP contribution in [0.15, 0.2) is 18.2 Å². The van der Waals surface area contributed by atoms with E-state index in [1.807, 2.05) is 16.8 Å². The van der Waals surface area contributed by atoms with E-state index >= 15 is 0 Å². The Kier molecular flexibility index (Phi) is 4.98. The van der Waals surface area contributed by atoms with Crippen molar-refractivity contribution >= 4 is 15.8 Å². The zero-order valence-corrected chi connectivity index (χ0v) is 15.9. The number of pyridine rings is 1. The van der Waals surface area contributed by atoms with Crippen LogP contribution in [0.4, 0.5) is 5.82 Å². The average Bonchev–Trinajstić information content (AvgIpc) is 3.00. The predicted octanol–water partition coefficient (Wildman–Crippen LogP) is 1.66. The molecule has 0 aliphatic carbocycles. The minimum Gasteiger partial charge on any atom is -0.363 e. The number of nitriles is 1. The van der Waals surface area contributed by atoms with Crippen LogP contribution >= 0.6 is 0 Å². The van der Waals surface area contributed by atoms with Crippen molar-refractivity contribution in [1.82, 2.24) is 19.1 Å². The number of rotatable bonds is 5. The van der Waals surface area contributed by atoms with Gasteiger partial charge in [-0.25, -0.2) is 13.4 Å². The molecule has 1 N–H and O–H groups in total. The Labute approximate surface area is 153 Å². The molecule has 0 bridgehead atoms. The van der Waals surface area contributed by atoms with Gasteiger partial charge >= 0.3 is 0 Å². The van der Waals surface area contributed by atoms with Gasteiger partial charge in [-0.3, -0.25) is 4.68 Å². The summed E-state index contributed by atoms with van der Waals surface area (Å²) >= 11 is 0. The van der Waals surface area contributed by atoms with Crippen molar-refractivity contribution in [2.45, 2.75) is 39.4 Å². The van der Waals surface area contributed by atoms with E-state index in [4.69, 9.17) is 0 Å². The normalized spacial score (nSPS) is 14.9. The van der Waals surface area contributed by atoms with Crippen LogP contribution in [-0.2, 0) is 29.7 Å². The van der Waals surface area contributed by atoms with Crippen molar-refractivity contribution < 1.29 is 8.42 Å². The topological polar surface area (TPSA) is 104 Å². The van der Waals surface area contributed by atoms with Gasteiger partial charge in [0.2, 0.25) is 10.0 Å². The third kappa shape index (κ3) is 3.86. The first-order valence-electron chi connectivity index (χ1n) is 8.43. The zero-order valence-electron chi connectivity index (χ0n) is 15.1. The third-order valence-corrected chi connectivity index (χ3v) is 5.60. The lowest BCUT2D eigenvalue weighted by molar-refractivity contribution is 0.328. The maximum Gasteiger partial charge on any atom is 0.211 e. The smallest absolute Gasteiger partial charge is 0.211 e. The van der Waals surface area contributed by atoms with Gasteiger partial charge in [0.1, 0.15) is 11.9 Å². The summed E-state index contributed by atoms with van der Waals surface area (Å²) in [6.07, 6.45) is 1.22. The monoisotopic (exact) mass is 374 g/mol. The molecule has 3 heterocycles. The fourth-order valence-corrected chi connectivity index (χ4v) is 3.65. The molecular formula is C17H22N6O2S. The summed E-state index contributed by atoms with van der Waals surface area (Å²) in [5.41, 5.74) is 3.06. The standard InChI is InChI=1S/C17H22N6O2S/c1-12(2)16-5-4-13(9-18)17(20-16)19-10-14-8-15-11-22(26(3,24)25)6-7-23(15)21-14/h4-5,8,12H,6-7,10-11H2,1-3H3,(H,19,20). The Balaban J connectivity index is 1.75. The van der Waals surface area contributed by atoms with Crippen LogP contribution in [0.5, 0.6) is 0 Å². The highest BCUT2D eigenvalue weighted by Gasteiger charge is 2.24. The van der Waals surface area contributed by atoms with E-state index in [0.29, 0.717) is 37.6 Å². The lowest BCUT2D eigenvalue weighted by atomic mass is 10.1. The Morgan fingerprint density at radius 3 is 2.77 bits per heavy atom. The number of anilines is 1. The van der Waals surface area contributed by atoms with Crippen LogP contribution in [0.25, 0.3) is 0 Å². The highest BCUT2D eigenvalue weighted by atomic mass is 32.2. The number of nitrogens with zero attached hydrogens (tertiary/aromatic N) is 5. The second kappa shape index (κ2) is 7.05. The molecule has 1 aliphatic heterocycles. The van der Waals surface area contributed by atoms with Crippen LogP contribution in [0.3, 0.4) is 0 Å². The number of sulfonamides is 1. The molecule has 9 heteroatoms. The number of aromatic nitrogens is 3. The SMILES string of the molecule is CC(C)c1ccc(C#N)c(NCc2cc3n(n2)CCN(S(C)(=O)=O)C3)n1. The van der Waals surface area contributed by atoms with Gasteiger partial charge < -0.3 is 5.32 Å². The second-order valence-electron chi connectivity index (χ2n) is 6.70. The molecule has 0 aromatic carbocycles. The summed E-state index contributed by atoms with van der Waals surface area (Å²) < 4.78 is 26.7. The fraction of sp³-hybridized carbons (Fsp3) is 0.471. The van der Waals surface area contributed by atoms with Crippen LogP contribution in [0.2, 0.25) is 0 Å². The molecule has 138 valence electrons. The molecule has 8 nitrogen and oxygen atoms in total. The average molecular weight is 374 g/mol. The van der Waals surface area contributed by atoms with E-state index in [1.165, 1.54) is 10.6 Å². The molecular weight excluding hydrogens is 352 g/mol. The molecule has 26 heavy (non-hydrogen) atoms. The first-order valence-corrected chi connectivity index (χ1v) is 10.3. The van der Waals surface area contributed by atoms with Gasteiger partial charge in [-0.15, -0.1) is 0 Å². The number of fused-ring (bicyclic) bond motifs is 1. The molecule has 0 fully saturated rings. The molecule has 0 amide bonds. The van der Waals surface area contributed by atoms with E-state index in [-0.39, 0.29) is 5.92 Å². The van der Waals surface area contributed by atoms with E-state index in [9.17, 15) is 13.7 Å². The Hall–Kier alpha value is -2.44. The second-order valence-corrected chi connectivity index (χ2v) is 8.68. The van der Waals surface area contributed by atoms with Gasteiger partial charge in [0.05, 0.1) is 42.8 Å². The largest absolute Gasteiger partial charge is 0.363 e. The van der Waals surface area contributed by atoms with Crippen LogP contribution in [-0.4, -0.2) is 40.3 Å². The minimum absolute atomic E-state index is 0.269. The third-order valence-electron chi connectivity index (χ3n) is 4.35. The molecule has 2 aromatic heterocycles. The highest BCUT2D eigenvalue weighted by Crippen LogP contribution is 2.20. The molecule has 0 spiro atoms. The van der Waals surface area contributed by atoms with Crippen molar-refractivity contribution in [3.05, 3.63) is 40.8 Å². The number of nitrogens with one attached hydrogen (secondary N) is 1. The van der Waals surface area contributed by atoms with Crippen molar-refractivity contribution in [1.29, 1.82) is 5.26 Å². The number of hydrogen-bond donors (Lipinski definition) is 1. The maximum absolute atomic E-state index is 11.7. The van der Waals surface area contributed by atoms with Crippen molar-refractivity contribution in [2.24, 2.45) is 0 Å². The molecule has 0 saturated heterocycles. The molecule has 0 radical (unpaired) electrons. The van der Waals surface area contributed by atoms with E-state index in [0.717, 1.165) is 17.1 Å². The van der Waals surface area contributed by atoms with Crippen LogP contribution in [0.1, 0.15) is 42.4 Å².